The first kappa shape index (κ1) is 17.4. The zero-order chi connectivity index (χ0) is 18.1. The van der Waals surface area contributed by atoms with Gasteiger partial charge in [0.1, 0.15) is 11.3 Å². The lowest BCUT2D eigenvalue weighted by Gasteiger charge is -2.11. The Morgan fingerprint density at radius 2 is 1.80 bits per heavy atom. The molecule has 0 N–H and O–H groups in total. The Bertz CT molecular complexity index is 1000. The van der Waals surface area contributed by atoms with Crippen molar-refractivity contribution < 1.29 is 13.9 Å². The maximum atomic E-state index is 12.4. The molecule has 0 aliphatic heterocycles. The molecule has 3 aromatic rings. The number of halogens is 1. The average molecular weight is 401 g/mol. The van der Waals surface area contributed by atoms with Gasteiger partial charge in [0.05, 0.1) is 11.5 Å². The number of benzene rings is 2. The molecule has 0 aliphatic rings. The van der Waals surface area contributed by atoms with Gasteiger partial charge in [-0.1, -0.05) is 41.9 Å². The van der Waals surface area contributed by atoms with Crippen LogP contribution in [0.5, 0.6) is 5.75 Å². The van der Waals surface area contributed by atoms with E-state index < -0.39 is 0 Å². The highest BCUT2D eigenvalue weighted by atomic mass is 79.9. The molecule has 0 saturated carbocycles. The highest BCUT2D eigenvalue weighted by molar-refractivity contribution is 9.10. The lowest BCUT2D eigenvalue weighted by Crippen LogP contribution is -2.14. The first-order valence-corrected chi connectivity index (χ1v) is 8.71. The van der Waals surface area contributed by atoms with E-state index in [9.17, 15) is 9.59 Å². The minimum absolute atomic E-state index is 0.219. The van der Waals surface area contributed by atoms with Crippen molar-refractivity contribution in [3.63, 3.8) is 0 Å². The molecule has 0 spiro atoms. The summed E-state index contributed by atoms with van der Waals surface area (Å²) < 4.78 is 11.8. The van der Waals surface area contributed by atoms with Crippen molar-refractivity contribution in [1.82, 2.24) is 0 Å². The maximum absolute atomic E-state index is 12.4. The quantitative estimate of drug-likeness (QED) is 0.349. The van der Waals surface area contributed by atoms with E-state index in [1.165, 1.54) is 0 Å². The van der Waals surface area contributed by atoms with Crippen molar-refractivity contribution in [2.45, 2.75) is 20.8 Å². The van der Waals surface area contributed by atoms with E-state index in [4.69, 9.17) is 9.15 Å². The van der Waals surface area contributed by atoms with Crippen LogP contribution in [0.3, 0.4) is 0 Å². The highest BCUT2D eigenvalue weighted by Crippen LogP contribution is 2.30. The fourth-order valence-corrected chi connectivity index (χ4v) is 2.84. The van der Waals surface area contributed by atoms with Crippen LogP contribution in [-0.2, 0) is 4.79 Å². The molecule has 25 heavy (non-hydrogen) atoms. The smallest absolute Gasteiger partial charge is 0.344 e. The number of aryl methyl sites for hydroxylation is 1. The number of carbonyl (C=O) groups is 1. The molecule has 128 valence electrons. The Morgan fingerprint density at radius 3 is 2.44 bits per heavy atom. The number of rotatable bonds is 3. The van der Waals surface area contributed by atoms with Gasteiger partial charge in [0.15, 0.2) is 0 Å². The third kappa shape index (κ3) is 3.51. The largest absolute Gasteiger partial charge is 0.426 e. The Labute approximate surface area is 153 Å². The Balaban J connectivity index is 2.15. The maximum Gasteiger partial charge on any atom is 0.344 e. The van der Waals surface area contributed by atoms with Gasteiger partial charge in [-0.3, -0.25) is 4.79 Å². The number of fused-ring (bicyclic) bond motifs is 1. The lowest BCUT2D eigenvalue weighted by atomic mass is 9.99. The molecule has 1 aromatic heterocycles. The fourth-order valence-electron chi connectivity index (χ4n) is 2.58. The second kappa shape index (κ2) is 6.84. The monoisotopic (exact) mass is 400 g/mol. The molecule has 1 heterocycles. The second-order valence-corrected chi connectivity index (χ2v) is 7.05. The molecule has 0 bridgehead atoms. The normalized spacial score (nSPS) is 11.1. The summed E-state index contributed by atoms with van der Waals surface area (Å²) in [6.45, 7) is 5.42. The lowest BCUT2D eigenvalue weighted by molar-refractivity contribution is -0.137. The molecule has 0 atom stereocenters. The van der Waals surface area contributed by atoms with Crippen molar-refractivity contribution in [1.29, 1.82) is 0 Å². The Morgan fingerprint density at radius 1 is 1.12 bits per heavy atom. The van der Waals surface area contributed by atoms with Crippen LogP contribution in [0.15, 0.2) is 56.1 Å². The second-order valence-electron chi connectivity index (χ2n) is 6.13. The molecule has 0 amide bonds. The van der Waals surface area contributed by atoms with Gasteiger partial charge in [-0.15, -0.1) is 0 Å². The topological polar surface area (TPSA) is 56.5 Å². The summed E-state index contributed by atoms with van der Waals surface area (Å²) in [5.41, 5.74) is 2.15. The van der Waals surface area contributed by atoms with Crippen LogP contribution in [0.4, 0.5) is 0 Å². The van der Waals surface area contributed by atoms with E-state index in [2.05, 4.69) is 15.9 Å². The molecular weight excluding hydrogens is 384 g/mol. The number of ether oxygens (including phenoxy) is 1. The first-order chi connectivity index (χ1) is 11.9. The van der Waals surface area contributed by atoms with Gasteiger partial charge in [-0.25, -0.2) is 4.79 Å². The summed E-state index contributed by atoms with van der Waals surface area (Å²) >= 11 is 3.39. The van der Waals surface area contributed by atoms with Crippen LogP contribution in [0.25, 0.3) is 22.1 Å². The molecule has 0 unspecified atom stereocenters. The van der Waals surface area contributed by atoms with Gasteiger partial charge in [-0.05, 0) is 48.4 Å². The summed E-state index contributed by atoms with van der Waals surface area (Å²) in [7, 11) is 0. The van der Waals surface area contributed by atoms with Gasteiger partial charge in [0, 0.05) is 9.86 Å². The van der Waals surface area contributed by atoms with Gasteiger partial charge < -0.3 is 9.15 Å². The SMILES string of the molecule is Cc1c(-c2ccc(Br)cc2)c(=O)oc2ccc(OC(=O)C(C)C)cc12. The van der Waals surface area contributed by atoms with Gasteiger partial charge >= 0.3 is 11.6 Å². The first-order valence-electron chi connectivity index (χ1n) is 7.92. The summed E-state index contributed by atoms with van der Waals surface area (Å²) in [5, 5.41) is 0.742. The van der Waals surface area contributed by atoms with Crippen LogP contribution in [0, 0.1) is 12.8 Å². The van der Waals surface area contributed by atoms with Crippen LogP contribution < -0.4 is 10.4 Å². The minimum Gasteiger partial charge on any atom is -0.426 e. The van der Waals surface area contributed by atoms with E-state index in [0.717, 1.165) is 21.0 Å². The molecule has 0 aliphatic carbocycles. The van der Waals surface area contributed by atoms with Crippen molar-refractivity contribution >= 4 is 32.9 Å². The Hall–Kier alpha value is -2.40. The van der Waals surface area contributed by atoms with Gasteiger partial charge in [0.2, 0.25) is 0 Å². The van der Waals surface area contributed by atoms with Crippen molar-refractivity contribution in [2.75, 3.05) is 0 Å². The van der Waals surface area contributed by atoms with E-state index in [-0.39, 0.29) is 17.5 Å². The van der Waals surface area contributed by atoms with Gasteiger partial charge in [0.25, 0.3) is 0 Å². The molecule has 0 radical (unpaired) electrons. The van der Waals surface area contributed by atoms with Crippen molar-refractivity contribution in [3.05, 3.63) is 62.9 Å². The molecule has 3 rings (SSSR count). The zero-order valence-electron chi connectivity index (χ0n) is 14.1. The average Bonchev–Trinajstić information content (AvgIpc) is 2.57. The third-order valence-electron chi connectivity index (χ3n) is 3.96. The van der Waals surface area contributed by atoms with Crippen LogP contribution in [-0.4, -0.2) is 5.97 Å². The van der Waals surface area contributed by atoms with E-state index >= 15 is 0 Å². The van der Waals surface area contributed by atoms with Crippen LogP contribution >= 0.6 is 15.9 Å². The number of esters is 1. The summed E-state index contributed by atoms with van der Waals surface area (Å²) in [4.78, 5) is 24.2. The Kier molecular flexibility index (Phi) is 4.77. The molecule has 0 fully saturated rings. The van der Waals surface area contributed by atoms with E-state index in [1.54, 1.807) is 32.0 Å². The predicted molar refractivity (Wildman–Crippen MR) is 101 cm³/mol. The third-order valence-corrected chi connectivity index (χ3v) is 4.49. The molecule has 2 aromatic carbocycles. The van der Waals surface area contributed by atoms with Crippen molar-refractivity contribution in [2.24, 2.45) is 5.92 Å². The standard InChI is InChI=1S/C20H17BrO4/c1-11(2)19(22)24-15-8-9-17-16(10-15)12(3)18(20(23)25-17)13-4-6-14(21)7-5-13/h4-11H,1-3H3. The zero-order valence-corrected chi connectivity index (χ0v) is 15.7. The van der Waals surface area contributed by atoms with Crippen molar-refractivity contribution in [3.8, 4) is 16.9 Å². The predicted octanol–water partition coefficient (Wildman–Crippen LogP) is 5.09. The molecule has 5 heteroatoms. The summed E-state index contributed by atoms with van der Waals surface area (Å²) in [6.07, 6.45) is 0. The highest BCUT2D eigenvalue weighted by Gasteiger charge is 2.15. The van der Waals surface area contributed by atoms with Crippen LogP contribution in [0.1, 0.15) is 19.4 Å². The van der Waals surface area contributed by atoms with Gasteiger partial charge in [-0.2, -0.15) is 0 Å². The number of carbonyl (C=O) groups excluding carboxylic acids is 1. The summed E-state index contributed by atoms with van der Waals surface area (Å²) in [5.74, 6) is -0.0868. The van der Waals surface area contributed by atoms with E-state index in [1.807, 2.05) is 31.2 Å². The fraction of sp³-hybridized carbons (Fsp3) is 0.200. The molecule has 0 saturated heterocycles. The molecular formula is C20H17BrO4. The van der Waals surface area contributed by atoms with E-state index in [0.29, 0.717) is 16.9 Å². The molecule has 4 nitrogen and oxygen atoms in total. The van der Waals surface area contributed by atoms with Crippen LogP contribution in [0.2, 0.25) is 0 Å². The number of hydrogen-bond donors (Lipinski definition) is 0. The minimum atomic E-state index is -0.390. The summed E-state index contributed by atoms with van der Waals surface area (Å²) in [6, 6.07) is 12.5. The number of hydrogen-bond acceptors (Lipinski definition) is 4.